The van der Waals surface area contributed by atoms with E-state index < -0.39 is 6.04 Å². The molecule has 0 bridgehead atoms. The zero-order chi connectivity index (χ0) is 26.4. The van der Waals surface area contributed by atoms with Crippen LogP contribution >= 0.6 is 37.2 Å². The Bertz CT molecular complexity index is 1580. The largest absolute Gasteiger partial charge is 0.384 e. The first-order valence-electron chi connectivity index (χ1n) is 12.8. The van der Waals surface area contributed by atoms with Crippen LogP contribution in [-0.4, -0.2) is 32.5 Å². The number of anilines is 2. The molecular formula is C29H32Cl3N7O2. The number of aryl methyl sites for hydroxylation is 2. The summed E-state index contributed by atoms with van der Waals surface area (Å²) in [6.07, 6.45) is 5.47. The van der Waals surface area contributed by atoms with Gasteiger partial charge in [0.05, 0.1) is 11.7 Å². The molecule has 1 aromatic carbocycles. The summed E-state index contributed by atoms with van der Waals surface area (Å²) >= 11 is 0. The highest BCUT2D eigenvalue weighted by Gasteiger charge is 2.35. The maximum Gasteiger partial charge on any atom is 0.294 e. The summed E-state index contributed by atoms with van der Waals surface area (Å²) in [5.74, 6) is 0.540. The number of benzene rings is 1. The molecule has 0 radical (unpaired) electrons. The zero-order valence-corrected chi connectivity index (χ0v) is 25.1. The molecule has 216 valence electrons. The highest BCUT2D eigenvalue weighted by Crippen LogP contribution is 2.38. The third-order valence-corrected chi connectivity index (χ3v) is 7.65. The van der Waals surface area contributed by atoms with Crippen LogP contribution in [0.15, 0.2) is 65.7 Å². The molecule has 1 amide bonds. The van der Waals surface area contributed by atoms with E-state index in [1.165, 1.54) is 5.56 Å². The number of carbonyl (C=O) groups excluding carboxylic acids is 1. The number of amides is 1. The van der Waals surface area contributed by atoms with Gasteiger partial charge in [0, 0.05) is 37.4 Å². The van der Waals surface area contributed by atoms with Gasteiger partial charge in [-0.15, -0.1) is 37.2 Å². The number of pyridine rings is 2. The minimum absolute atomic E-state index is 0. The van der Waals surface area contributed by atoms with Gasteiger partial charge in [-0.3, -0.25) is 19.1 Å². The van der Waals surface area contributed by atoms with Crippen molar-refractivity contribution in [2.45, 2.75) is 44.8 Å². The molecule has 1 unspecified atom stereocenters. The van der Waals surface area contributed by atoms with Crippen molar-refractivity contribution in [1.82, 2.24) is 24.8 Å². The topological polar surface area (TPSA) is 119 Å². The molecule has 6 rings (SSSR count). The lowest BCUT2D eigenvalue weighted by atomic mass is 9.85. The summed E-state index contributed by atoms with van der Waals surface area (Å²) in [5, 5.41) is 2.98. The first-order valence-corrected chi connectivity index (χ1v) is 12.8. The van der Waals surface area contributed by atoms with Crippen LogP contribution in [0.3, 0.4) is 0 Å². The molecule has 1 aliphatic carbocycles. The zero-order valence-electron chi connectivity index (χ0n) is 22.6. The maximum atomic E-state index is 13.9. The average Bonchev–Trinajstić information content (AvgIpc) is 3.36. The number of carbonyl (C=O) groups is 1. The summed E-state index contributed by atoms with van der Waals surface area (Å²) in [6, 6.07) is 15.0. The lowest BCUT2D eigenvalue weighted by molar-refractivity contribution is -0.124. The number of hydrogen-bond acceptors (Lipinski definition) is 7. The molecule has 2 atom stereocenters. The molecule has 3 aromatic heterocycles. The molecule has 9 nitrogen and oxygen atoms in total. The van der Waals surface area contributed by atoms with Crippen molar-refractivity contribution in [3.8, 4) is 0 Å². The van der Waals surface area contributed by atoms with Gasteiger partial charge in [0.25, 0.3) is 5.56 Å². The predicted octanol–water partition coefficient (Wildman–Crippen LogP) is 4.12. The Morgan fingerprint density at radius 3 is 2.61 bits per heavy atom. The van der Waals surface area contributed by atoms with Gasteiger partial charge >= 0.3 is 0 Å². The van der Waals surface area contributed by atoms with Gasteiger partial charge in [-0.25, -0.2) is 9.97 Å². The van der Waals surface area contributed by atoms with Crippen LogP contribution in [0.25, 0.3) is 0 Å². The summed E-state index contributed by atoms with van der Waals surface area (Å²) in [4.78, 5) is 42.6. The van der Waals surface area contributed by atoms with Crippen LogP contribution in [0.2, 0.25) is 0 Å². The SMILES string of the molecule is Cc1nc(N)ccc1CNC(=O)[C@@H]1CCc2cnc(N(C)C3c4ccccc4Cc4cccnc43)c(=O)n21.Cl.Cl.Cl. The van der Waals surface area contributed by atoms with Crippen molar-refractivity contribution in [2.24, 2.45) is 0 Å². The normalized spacial score (nSPS) is 16.0. The maximum absolute atomic E-state index is 13.9. The summed E-state index contributed by atoms with van der Waals surface area (Å²) < 4.78 is 1.61. The number of nitrogen functional groups attached to an aromatic ring is 1. The molecule has 0 saturated heterocycles. The highest BCUT2D eigenvalue weighted by atomic mass is 35.5. The van der Waals surface area contributed by atoms with Crippen molar-refractivity contribution in [2.75, 3.05) is 17.7 Å². The molecule has 41 heavy (non-hydrogen) atoms. The van der Waals surface area contributed by atoms with Crippen molar-refractivity contribution < 1.29 is 4.79 Å². The van der Waals surface area contributed by atoms with Crippen LogP contribution in [0, 0.1) is 6.92 Å². The molecule has 3 N–H and O–H groups in total. The Kier molecular flexibility index (Phi) is 10.0. The minimum Gasteiger partial charge on any atom is -0.384 e. The molecule has 0 fully saturated rings. The fraction of sp³-hybridized carbons (Fsp3) is 0.276. The van der Waals surface area contributed by atoms with Crippen LogP contribution in [-0.2, 0) is 24.2 Å². The van der Waals surface area contributed by atoms with Crippen molar-refractivity contribution in [3.63, 3.8) is 0 Å². The van der Waals surface area contributed by atoms with E-state index in [1.54, 1.807) is 23.0 Å². The van der Waals surface area contributed by atoms with Gasteiger partial charge < -0.3 is 16.0 Å². The van der Waals surface area contributed by atoms with E-state index in [1.807, 2.05) is 43.1 Å². The minimum atomic E-state index is -0.598. The molecule has 4 heterocycles. The van der Waals surface area contributed by atoms with Gasteiger partial charge in [0.1, 0.15) is 11.9 Å². The first-order chi connectivity index (χ1) is 18.4. The molecule has 0 saturated carbocycles. The second-order valence-corrected chi connectivity index (χ2v) is 9.94. The van der Waals surface area contributed by atoms with Crippen molar-refractivity contribution in [1.29, 1.82) is 0 Å². The summed E-state index contributed by atoms with van der Waals surface area (Å²) in [7, 11) is 1.88. The summed E-state index contributed by atoms with van der Waals surface area (Å²) in [6.45, 7) is 2.18. The van der Waals surface area contributed by atoms with Gasteiger partial charge in [-0.05, 0) is 60.6 Å². The first kappa shape index (κ1) is 31.9. The van der Waals surface area contributed by atoms with Crippen LogP contribution in [0.4, 0.5) is 11.6 Å². The quantitative estimate of drug-likeness (QED) is 0.346. The van der Waals surface area contributed by atoms with Crippen LogP contribution < -0.4 is 21.5 Å². The third-order valence-electron chi connectivity index (χ3n) is 7.65. The van der Waals surface area contributed by atoms with Crippen molar-refractivity contribution >= 4 is 54.8 Å². The molecule has 1 aliphatic heterocycles. The number of halogens is 3. The second kappa shape index (κ2) is 12.9. The second-order valence-electron chi connectivity index (χ2n) is 9.94. The van der Waals surface area contributed by atoms with E-state index in [-0.39, 0.29) is 54.7 Å². The van der Waals surface area contributed by atoms with E-state index in [2.05, 4.69) is 33.5 Å². The Morgan fingerprint density at radius 2 is 1.83 bits per heavy atom. The van der Waals surface area contributed by atoms with E-state index in [4.69, 9.17) is 10.7 Å². The van der Waals surface area contributed by atoms with E-state index in [0.717, 1.165) is 40.2 Å². The molecule has 4 aromatic rings. The molecule has 0 spiro atoms. The number of nitrogens with one attached hydrogen (secondary N) is 1. The van der Waals surface area contributed by atoms with E-state index in [0.29, 0.717) is 31.0 Å². The van der Waals surface area contributed by atoms with Gasteiger partial charge in [-0.1, -0.05) is 36.4 Å². The van der Waals surface area contributed by atoms with Crippen LogP contribution in [0.5, 0.6) is 0 Å². The van der Waals surface area contributed by atoms with Gasteiger partial charge in [0.15, 0.2) is 5.82 Å². The lowest BCUT2D eigenvalue weighted by Gasteiger charge is -2.34. The number of nitrogens with zero attached hydrogens (tertiary/aromatic N) is 5. The highest BCUT2D eigenvalue weighted by molar-refractivity contribution is 5.86. The Hall–Kier alpha value is -3.66. The number of aromatic nitrogens is 4. The van der Waals surface area contributed by atoms with Gasteiger partial charge in [-0.2, -0.15) is 0 Å². The third kappa shape index (κ3) is 5.75. The van der Waals surface area contributed by atoms with Crippen LogP contribution in [0.1, 0.15) is 57.8 Å². The van der Waals surface area contributed by atoms with Crippen molar-refractivity contribution in [3.05, 3.63) is 111 Å². The lowest BCUT2D eigenvalue weighted by Crippen LogP contribution is -2.40. The number of hydrogen-bond donors (Lipinski definition) is 2. The number of nitrogens with two attached hydrogens (primary N) is 1. The molecular weight excluding hydrogens is 585 g/mol. The number of fused-ring (bicyclic) bond motifs is 3. The Morgan fingerprint density at radius 1 is 1.07 bits per heavy atom. The summed E-state index contributed by atoms with van der Waals surface area (Å²) in [5.41, 5.74) is 12.3. The fourth-order valence-corrected chi connectivity index (χ4v) is 5.69. The standard InChI is InChI=1S/C29H29N7O2.3ClH/c1-17-20(9-12-24(30)34-17)15-33-28(37)23-11-10-21-16-32-27(29(38)36(21)23)35(2)26-22-8-4-3-6-18(22)14-19-7-5-13-31-25(19)26;;;/h3-9,12-13,16,23,26H,10-11,14-15H2,1-2H3,(H2,30,34)(H,33,37);3*1H/t23-,26?;;;/m0.../s1. The van der Waals surface area contributed by atoms with E-state index in [9.17, 15) is 9.59 Å². The fourth-order valence-electron chi connectivity index (χ4n) is 5.69. The molecule has 2 aliphatic rings. The number of rotatable bonds is 5. The average molecular weight is 617 g/mol. The monoisotopic (exact) mass is 615 g/mol. The van der Waals surface area contributed by atoms with E-state index >= 15 is 0 Å². The Labute approximate surface area is 256 Å². The van der Waals surface area contributed by atoms with Gasteiger partial charge in [0.2, 0.25) is 5.91 Å². The smallest absolute Gasteiger partial charge is 0.294 e. The predicted molar refractivity (Wildman–Crippen MR) is 167 cm³/mol. The Balaban J connectivity index is 0.00000154. The molecule has 12 heteroatoms.